The summed E-state index contributed by atoms with van der Waals surface area (Å²) < 4.78 is 0. The first-order valence-corrected chi connectivity index (χ1v) is 2.09. The summed E-state index contributed by atoms with van der Waals surface area (Å²) in [5.41, 5.74) is 0.609. The van der Waals surface area contributed by atoms with Gasteiger partial charge in [-0.2, -0.15) is 0 Å². The van der Waals surface area contributed by atoms with Gasteiger partial charge in [-0.25, -0.2) is 0 Å². The average Bonchev–Trinajstić information content (AvgIpc) is 1.83. The maximum Gasteiger partial charge on any atom is 0.0272 e. The lowest BCUT2D eigenvalue weighted by atomic mass is 10.3. The van der Waals surface area contributed by atoms with Crippen LogP contribution in [-0.4, -0.2) is 6.72 Å². The molecular formula is C7H7N. The third-order valence-electron chi connectivity index (χ3n) is 0.567. The van der Waals surface area contributed by atoms with Crippen LogP contribution in [0.15, 0.2) is 29.4 Å². The minimum atomic E-state index is 0.609. The molecule has 0 atom stereocenters. The molecule has 0 amide bonds. The third kappa shape index (κ3) is 2.92. The molecule has 0 saturated carbocycles. The summed E-state index contributed by atoms with van der Waals surface area (Å²) in [7, 11) is 0. The zero-order valence-electron chi connectivity index (χ0n) is 4.59. The number of terminal acetylenes is 1. The maximum atomic E-state index is 4.95. The van der Waals surface area contributed by atoms with Crippen molar-refractivity contribution in [1.29, 1.82) is 0 Å². The highest BCUT2D eigenvalue weighted by molar-refractivity contribution is 5.34. The van der Waals surface area contributed by atoms with Crippen molar-refractivity contribution in [2.24, 2.45) is 4.99 Å². The first-order valence-electron chi connectivity index (χ1n) is 2.09. The van der Waals surface area contributed by atoms with Crippen molar-refractivity contribution in [3.8, 4) is 12.3 Å². The molecular weight excluding hydrogens is 98.1 g/mol. The van der Waals surface area contributed by atoms with Gasteiger partial charge in [0.15, 0.2) is 0 Å². The highest BCUT2D eigenvalue weighted by atomic mass is 14.6. The summed E-state index contributed by atoms with van der Waals surface area (Å²) in [6.07, 6.45) is 8.07. The predicted molar refractivity (Wildman–Crippen MR) is 36.7 cm³/mol. The summed E-state index contributed by atoms with van der Waals surface area (Å²) in [6, 6.07) is 0. The third-order valence-corrected chi connectivity index (χ3v) is 0.567. The topological polar surface area (TPSA) is 12.4 Å². The van der Waals surface area contributed by atoms with Crippen molar-refractivity contribution in [2.45, 2.75) is 0 Å². The molecule has 1 heteroatoms. The van der Waals surface area contributed by atoms with Gasteiger partial charge in [-0.05, 0) is 12.8 Å². The van der Waals surface area contributed by atoms with Crippen LogP contribution >= 0.6 is 0 Å². The van der Waals surface area contributed by atoms with Crippen LogP contribution in [-0.2, 0) is 0 Å². The van der Waals surface area contributed by atoms with E-state index in [1.807, 2.05) is 0 Å². The highest BCUT2D eigenvalue weighted by Crippen LogP contribution is 1.87. The zero-order valence-corrected chi connectivity index (χ0v) is 4.59. The number of hydrogen-bond donors (Lipinski definition) is 0. The highest BCUT2D eigenvalue weighted by Gasteiger charge is 1.71. The molecule has 1 nitrogen and oxygen atoms in total. The molecule has 0 aromatic heterocycles. The largest absolute Gasteiger partial charge is 0.272 e. The SMILES string of the molecule is C#CC(=C)/C=C\N=C. The molecule has 0 aliphatic heterocycles. The minimum absolute atomic E-state index is 0.609. The number of hydrogen-bond acceptors (Lipinski definition) is 1. The second kappa shape index (κ2) is 3.89. The molecule has 0 aliphatic carbocycles. The Hall–Kier alpha value is -1.29. The fraction of sp³-hybridized carbons (Fsp3) is 0. The number of allylic oxidation sites excluding steroid dienone is 2. The van der Waals surface area contributed by atoms with Crippen LogP contribution in [0, 0.1) is 12.3 Å². The first kappa shape index (κ1) is 6.71. The van der Waals surface area contributed by atoms with Crippen molar-refractivity contribution in [3.05, 3.63) is 24.4 Å². The fourth-order valence-electron chi connectivity index (χ4n) is 0.191. The Balaban J connectivity index is 3.75. The van der Waals surface area contributed by atoms with E-state index >= 15 is 0 Å². The predicted octanol–water partition coefficient (Wildman–Crippen LogP) is 1.39. The zero-order chi connectivity index (χ0) is 6.41. The van der Waals surface area contributed by atoms with Crippen molar-refractivity contribution in [3.63, 3.8) is 0 Å². The Labute approximate surface area is 49.4 Å². The Bertz CT molecular complexity index is 158. The van der Waals surface area contributed by atoms with Crippen LogP contribution in [0.2, 0.25) is 0 Å². The van der Waals surface area contributed by atoms with Crippen molar-refractivity contribution in [2.75, 3.05) is 0 Å². The Morgan fingerprint density at radius 3 is 2.75 bits per heavy atom. The van der Waals surface area contributed by atoms with E-state index in [2.05, 4.69) is 24.2 Å². The van der Waals surface area contributed by atoms with E-state index in [1.165, 1.54) is 6.20 Å². The molecule has 0 N–H and O–H groups in total. The van der Waals surface area contributed by atoms with Crippen molar-refractivity contribution < 1.29 is 0 Å². The second-order valence-corrected chi connectivity index (χ2v) is 1.17. The monoisotopic (exact) mass is 105 g/mol. The Morgan fingerprint density at radius 1 is 1.75 bits per heavy atom. The number of rotatable bonds is 2. The molecule has 0 saturated heterocycles. The average molecular weight is 105 g/mol. The van der Waals surface area contributed by atoms with Gasteiger partial charge in [0.2, 0.25) is 0 Å². The molecule has 0 radical (unpaired) electrons. The van der Waals surface area contributed by atoms with Crippen LogP contribution in [0.25, 0.3) is 0 Å². The van der Waals surface area contributed by atoms with Crippen molar-refractivity contribution in [1.82, 2.24) is 0 Å². The maximum absolute atomic E-state index is 4.95. The van der Waals surface area contributed by atoms with E-state index in [1.54, 1.807) is 6.08 Å². The first-order chi connectivity index (χ1) is 3.81. The lowest BCUT2D eigenvalue weighted by molar-refractivity contribution is 1.60. The quantitative estimate of drug-likeness (QED) is 0.286. The normalized spacial score (nSPS) is 8.38. The molecule has 0 heterocycles. The molecule has 8 heavy (non-hydrogen) atoms. The van der Waals surface area contributed by atoms with Gasteiger partial charge in [0.25, 0.3) is 0 Å². The Morgan fingerprint density at radius 2 is 2.38 bits per heavy atom. The molecule has 0 aromatic rings. The summed E-state index contributed by atoms with van der Waals surface area (Å²) in [4.78, 5) is 3.44. The molecule has 0 unspecified atom stereocenters. The Kier molecular flexibility index (Phi) is 3.26. The van der Waals surface area contributed by atoms with Crippen LogP contribution in [0.4, 0.5) is 0 Å². The molecule has 0 rings (SSSR count). The second-order valence-electron chi connectivity index (χ2n) is 1.17. The molecule has 0 fully saturated rings. The van der Waals surface area contributed by atoms with Crippen molar-refractivity contribution >= 4 is 6.72 Å². The van der Waals surface area contributed by atoms with Gasteiger partial charge in [0.05, 0.1) is 0 Å². The van der Waals surface area contributed by atoms with Gasteiger partial charge < -0.3 is 0 Å². The van der Waals surface area contributed by atoms with Gasteiger partial charge in [-0.15, -0.1) is 6.42 Å². The van der Waals surface area contributed by atoms with E-state index in [4.69, 9.17) is 6.42 Å². The fourth-order valence-corrected chi connectivity index (χ4v) is 0.191. The van der Waals surface area contributed by atoms with Gasteiger partial charge in [0, 0.05) is 11.8 Å². The molecule has 40 valence electrons. The van der Waals surface area contributed by atoms with Crippen LogP contribution < -0.4 is 0 Å². The van der Waals surface area contributed by atoms with Crippen LogP contribution in [0.5, 0.6) is 0 Å². The summed E-state index contributed by atoms with van der Waals surface area (Å²) >= 11 is 0. The van der Waals surface area contributed by atoms with Gasteiger partial charge in [-0.3, -0.25) is 4.99 Å². The van der Waals surface area contributed by atoms with Gasteiger partial charge in [0.1, 0.15) is 0 Å². The molecule has 0 spiro atoms. The van der Waals surface area contributed by atoms with Gasteiger partial charge >= 0.3 is 0 Å². The van der Waals surface area contributed by atoms with E-state index in [0.29, 0.717) is 5.57 Å². The van der Waals surface area contributed by atoms with E-state index in [9.17, 15) is 0 Å². The van der Waals surface area contributed by atoms with Crippen LogP contribution in [0.3, 0.4) is 0 Å². The molecule has 0 aliphatic rings. The summed E-state index contributed by atoms with van der Waals surface area (Å²) in [6.45, 7) is 6.72. The number of nitrogens with zero attached hydrogens (tertiary/aromatic N) is 1. The van der Waals surface area contributed by atoms with E-state index in [0.717, 1.165) is 0 Å². The molecule has 0 bridgehead atoms. The number of aliphatic imine (C=N–C) groups is 1. The molecule has 0 aromatic carbocycles. The summed E-state index contributed by atoms with van der Waals surface area (Å²) in [5.74, 6) is 2.33. The minimum Gasteiger partial charge on any atom is -0.272 e. The standard InChI is InChI=1S/C7H7N/c1-4-7(2)5-6-8-3/h1,5-6H,2-3H2/b6-5-. The van der Waals surface area contributed by atoms with E-state index in [-0.39, 0.29) is 0 Å². The van der Waals surface area contributed by atoms with Gasteiger partial charge in [-0.1, -0.05) is 12.5 Å². The van der Waals surface area contributed by atoms with Crippen LogP contribution in [0.1, 0.15) is 0 Å². The lowest BCUT2D eigenvalue weighted by Crippen LogP contribution is -1.61. The summed E-state index contributed by atoms with van der Waals surface area (Å²) in [5, 5.41) is 0. The smallest absolute Gasteiger partial charge is 0.0272 e. The van der Waals surface area contributed by atoms with E-state index < -0.39 is 0 Å². The lowest BCUT2D eigenvalue weighted by Gasteiger charge is -1.77.